The summed E-state index contributed by atoms with van der Waals surface area (Å²) in [6.07, 6.45) is 0. The number of likely N-dealkylation sites (N-methyl/N-ethyl adjacent to an activating group) is 1. The van der Waals surface area contributed by atoms with Crippen LogP contribution in [-0.4, -0.2) is 43.2 Å². The SMILES string of the molecule is CCN(CC)C(=O)CN(Cc1ccccc1)S(=O)(=O)c1ccccc1. The lowest BCUT2D eigenvalue weighted by Crippen LogP contribution is -2.42. The summed E-state index contributed by atoms with van der Waals surface area (Å²) in [5.41, 5.74) is 0.842. The van der Waals surface area contributed by atoms with Crippen molar-refractivity contribution in [2.24, 2.45) is 0 Å². The third-order valence-electron chi connectivity index (χ3n) is 4.01. The van der Waals surface area contributed by atoms with E-state index in [1.807, 2.05) is 44.2 Å². The van der Waals surface area contributed by atoms with Crippen molar-refractivity contribution in [3.63, 3.8) is 0 Å². The van der Waals surface area contributed by atoms with E-state index in [0.717, 1.165) is 5.56 Å². The van der Waals surface area contributed by atoms with E-state index in [-0.39, 0.29) is 23.9 Å². The first kappa shape index (κ1) is 19.1. The fourth-order valence-corrected chi connectivity index (χ4v) is 3.98. The van der Waals surface area contributed by atoms with Gasteiger partial charge >= 0.3 is 0 Å². The summed E-state index contributed by atoms with van der Waals surface area (Å²) in [6, 6.07) is 17.5. The normalized spacial score (nSPS) is 11.5. The van der Waals surface area contributed by atoms with E-state index in [9.17, 15) is 13.2 Å². The molecule has 0 spiro atoms. The standard InChI is InChI=1S/C19H24N2O3S/c1-3-20(4-2)19(22)16-21(15-17-11-7-5-8-12-17)25(23,24)18-13-9-6-10-14-18/h5-14H,3-4,15-16H2,1-2H3. The molecule has 0 saturated carbocycles. The minimum atomic E-state index is -3.76. The predicted molar refractivity (Wildman–Crippen MR) is 98.4 cm³/mol. The Morgan fingerprint density at radius 1 is 0.880 bits per heavy atom. The Bertz CT molecular complexity index is 773. The molecule has 0 aromatic heterocycles. The topological polar surface area (TPSA) is 57.7 Å². The van der Waals surface area contributed by atoms with Crippen LogP contribution in [0.3, 0.4) is 0 Å². The van der Waals surface area contributed by atoms with Gasteiger partial charge in [0.15, 0.2) is 0 Å². The maximum Gasteiger partial charge on any atom is 0.243 e. The van der Waals surface area contributed by atoms with Gasteiger partial charge in [-0.25, -0.2) is 8.42 Å². The number of sulfonamides is 1. The van der Waals surface area contributed by atoms with Gasteiger partial charge in [-0.1, -0.05) is 48.5 Å². The Morgan fingerprint density at radius 2 is 1.40 bits per heavy atom. The van der Waals surface area contributed by atoms with Gasteiger partial charge in [0.1, 0.15) is 0 Å². The smallest absolute Gasteiger partial charge is 0.243 e. The van der Waals surface area contributed by atoms with E-state index >= 15 is 0 Å². The van der Waals surface area contributed by atoms with Crippen molar-refractivity contribution in [1.29, 1.82) is 0 Å². The van der Waals surface area contributed by atoms with Gasteiger partial charge < -0.3 is 4.90 Å². The number of nitrogens with zero attached hydrogens (tertiary/aromatic N) is 2. The molecule has 0 aliphatic carbocycles. The van der Waals surface area contributed by atoms with Crippen LogP contribution in [0.25, 0.3) is 0 Å². The second kappa shape index (κ2) is 8.78. The third kappa shape index (κ3) is 4.90. The summed E-state index contributed by atoms with van der Waals surface area (Å²) in [4.78, 5) is 14.3. The zero-order valence-corrected chi connectivity index (χ0v) is 15.4. The molecule has 0 bridgehead atoms. The van der Waals surface area contributed by atoms with Crippen LogP contribution < -0.4 is 0 Å². The van der Waals surface area contributed by atoms with E-state index < -0.39 is 10.0 Å². The first-order chi connectivity index (χ1) is 12.0. The van der Waals surface area contributed by atoms with Crippen LogP contribution in [0.2, 0.25) is 0 Å². The first-order valence-electron chi connectivity index (χ1n) is 8.36. The van der Waals surface area contributed by atoms with Crippen molar-refractivity contribution >= 4 is 15.9 Å². The average Bonchev–Trinajstić information content (AvgIpc) is 2.64. The van der Waals surface area contributed by atoms with Crippen LogP contribution in [0.1, 0.15) is 19.4 Å². The second-order valence-electron chi connectivity index (χ2n) is 5.64. The number of carbonyl (C=O) groups excluding carboxylic acids is 1. The highest BCUT2D eigenvalue weighted by Gasteiger charge is 2.27. The molecular formula is C19H24N2O3S. The highest BCUT2D eigenvalue weighted by Crippen LogP contribution is 2.18. The van der Waals surface area contributed by atoms with Crippen LogP contribution >= 0.6 is 0 Å². The number of carbonyl (C=O) groups is 1. The van der Waals surface area contributed by atoms with Crippen molar-refractivity contribution in [2.45, 2.75) is 25.3 Å². The summed E-state index contributed by atoms with van der Waals surface area (Å²) in [5, 5.41) is 0. The minimum Gasteiger partial charge on any atom is -0.342 e. The molecule has 0 aliphatic rings. The van der Waals surface area contributed by atoms with Crippen LogP contribution in [0.4, 0.5) is 0 Å². The molecule has 134 valence electrons. The van der Waals surface area contributed by atoms with Gasteiger partial charge in [-0.2, -0.15) is 4.31 Å². The van der Waals surface area contributed by atoms with E-state index in [4.69, 9.17) is 0 Å². The summed E-state index contributed by atoms with van der Waals surface area (Å²) in [6.45, 7) is 4.86. The summed E-state index contributed by atoms with van der Waals surface area (Å²) in [7, 11) is -3.76. The molecule has 0 radical (unpaired) electrons. The van der Waals surface area contributed by atoms with Crippen molar-refractivity contribution in [2.75, 3.05) is 19.6 Å². The highest BCUT2D eigenvalue weighted by atomic mass is 32.2. The van der Waals surface area contributed by atoms with Crippen molar-refractivity contribution in [1.82, 2.24) is 9.21 Å². The lowest BCUT2D eigenvalue weighted by Gasteiger charge is -2.26. The average molecular weight is 360 g/mol. The molecule has 0 fully saturated rings. The first-order valence-corrected chi connectivity index (χ1v) is 9.80. The summed E-state index contributed by atoms with van der Waals surface area (Å²) in [5.74, 6) is -0.194. The Balaban J connectivity index is 2.33. The van der Waals surface area contributed by atoms with Crippen molar-refractivity contribution < 1.29 is 13.2 Å². The van der Waals surface area contributed by atoms with E-state index in [0.29, 0.717) is 13.1 Å². The van der Waals surface area contributed by atoms with E-state index in [1.165, 1.54) is 4.31 Å². The molecule has 0 aliphatic heterocycles. The molecule has 0 heterocycles. The molecular weight excluding hydrogens is 336 g/mol. The van der Waals surface area contributed by atoms with Crippen LogP contribution in [-0.2, 0) is 21.4 Å². The molecule has 2 aromatic carbocycles. The van der Waals surface area contributed by atoms with Crippen molar-refractivity contribution in [3.05, 3.63) is 66.2 Å². The second-order valence-corrected chi connectivity index (χ2v) is 7.58. The molecule has 1 amide bonds. The van der Waals surface area contributed by atoms with Gasteiger partial charge in [0.2, 0.25) is 15.9 Å². The lowest BCUT2D eigenvalue weighted by atomic mass is 10.2. The van der Waals surface area contributed by atoms with E-state index in [1.54, 1.807) is 35.2 Å². The number of hydrogen-bond acceptors (Lipinski definition) is 3. The molecule has 6 heteroatoms. The Kier molecular flexibility index (Phi) is 6.73. The Hall–Kier alpha value is -2.18. The minimum absolute atomic E-state index is 0.158. The highest BCUT2D eigenvalue weighted by molar-refractivity contribution is 7.89. The Labute approximate surface area is 149 Å². The maximum atomic E-state index is 13.0. The Morgan fingerprint density at radius 3 is 1.92 bits per heavy atom. The fraction of sp³-hybridized carbons (Fsp3) is 0.316. The van der Waals surface area contributed by atoms with Crippen LogP contribution in [0, 0.1) is 0 Å². The number of benzene rings is 2. The fourth-order valence-electron chi connectivity index (χ4n) is 2.58. The monoisotopic (exact) mass is 360 g/mol. The molecule has 0 atom stereocenters. The molecule has 0 unspecified atom stereocenters. The summed E-state index contributed by atoms with van der Waals surface area (Å²) >= 11 is 0. The van der Waals surface area contributed by atoms with Gasteiger partial charge in [0.05, 0.1) is 11.4 Å². The van der Waals surface area contributed by atoms with Crippen LogP contribution in [0.15, 0.2) is 65.6 Å². The largest absolute Gasteiger partial charge is 0.342 e. The molecule has 25 heavy (non-hydrogen) atoms. The van der Waals surface area contributed by atoms with Gasteiger partial charge in [0.25, 0.3) is 0 Å². The van der Waals surface area contributed by atoms with Gasteiger partial charge in [-0.05, 0) is 31.5 Å². The van der Waals surface area contributed by atoms with Gasteiger partial charge in [-0.15, -0.1) is 0 Å². The third-order valence-corrected chi connectivity index (χ3v) is 5.82. The quantitative estimate of drug-likeness (QED) is 0.727. The van der Waals surface area contributed by atoms with Gasteiger partial charge in [0, 0.05) is 19.6 Å². The number of hydrogen-bond donors (Lipinski definition) is 0. The van der Waals surface area contributed by atoms with Crippen LogP contribution in [0.5, 0.6) is 0 Å². The number of amides is 1. The molecule has 0 N–H and O–H groups in total. The lowest BCUT2D eigenvalue weighted by molar-refractivity contribution is -0.131. The molecule has 2 aromatic rings. The zero-order valence-electron chi connectivity index (χ0n) is 14.6. The molecule has 2 rings (SSSR count). The summed E-state index contributed by atoms with van der Waals surface area (Å²) < 4.78 is 27.3. The van der Waals surface area contributed by atoms with E-state index in [2.05, 4.69) is 0 Å². The molecule has 5 nitrogen and oxygen atoms in total. The number of rotatable bonds is 8. The zero-order chi connectivity index (χ0) is 18.3. The van der Waals surface area contributed by atoms with Gasteiger partial charge in [-0.3, -0.25) is 4.79 Å². The maximum absolute atomic E-state index is 13.0. The molecule has 0 saturated heterocycles. The van der Waals surface area contributed by atoms with Crippen molar-refractivity contribution in [3.8, 4) is 0 Å². The predicted octanol–water partition coefficient (Wildman–Crippen LogP) is 2.75.